The molecule has 0 aliphatic carbocycles. The quantitative estimate of drug-likeness (QED) is 0.832. The molecule has 5 heteroatoms. The Morgan fingerprint density at radius 3 is 2.56 bits per heavy atom. The fourth-order valence-electron chi connectivity index (χ4n) is 4.55. The zero-order valence-corrected chi connectivity index (χ0v) is 16.9. The number of carbonyl (C=O) groups is 1. The molecule has 0 unspecified atom stereocenters. The van der Waals surface area contributed by atoms with Gasteiger partial charge in [-0.15, -0.1) is 0 Å². The van der Waals surface area contributed by atoms with Gasteiger partial charge in [-0.25, -0.2) is 0 Å². The van der Waals surface area contributed by atoms with Crippen LogP contribution in [0, 0.1) is 0 Å². The lowest BCUT2D eigenvalue weighted by atomic mass is 10.1. The average molecular weight is 369 g/mol. The molecule has 1 aromatic heterocycles. The lowest BCUT2D eigenvalue weighted by Gasteiger charge is -2.37. The lowest BCUT2D eigenvalue weighted by Crippen LogP contribution is -2.50. The molecule has 2 aliphatic heterocycles. The van der Waals surface area contributed by atoms with E-state index in [4.69, 9.17) is 0 Å². The van der Waals surface area contributed by atoms with Gasteiger partial charge in [-0.3, -0.25) is 9.69 Å². The number of nitrogens with zero attached hydrogens (tertiary/aromatic N) is 4. The summed E-state index contributed by atoms with van der Waals surface area (Å²) in [5.74, 6) is 0.170. The molecule has 3 heterocycles. The zero-order chi connectivity index (χ0) is 19.0. The predicted octanol–water partition coefficient (Wildman–Crippen LogP) is 2.90. The first-order valence-corrected chi connectivity index (χ1v) is 10.4. The molecule has 2 saturated heterocycles. The smallest absolute Gasteiger partial charge is 0.253 e. The van der Waals surface area contributed by atoms with Gasteiger partial charge in [-0.1, -0.05) is 0 Å². The Kier molecular flexibility index (Phi) is 5.24. The van der Waals surface area contributed by atoms with Gasteiger partial charge in [0.05, 0.1) is 0 Å². The van der Waals surface area contributed by atoms with Crippen LogP contribution in [0.15, 0.2) is 30.5 Å². The van der Waals surface area contributed by atoms with Crippen molar-refractivity contribution >= 4 is 16.8 Å². The van der Waals surface area contributed by atoms with Crippen molar-refractivity contribution in [1.82, 2.24) is 19.3 Å². The van der Waals surface area contributed by atoms with Gasteiger partial charge >= 0.3 is 0 Å². The molecule has 27 heavy (non-hydrogen) atoms. The van der Waals surface area contributed by atoms with Crippen LogP contribution < -0.4 is 0 Å². The number of hydrogen-bond donors (Lipinski definition) is 0. The van der Waals surface area contributed by atoms with Crippen molar-refractivity contribution in [2.24, 2.45) is 0 Å². The van der Waals surface area contributed by atoms with E-state index in [0.717, 1.165) is 38.3 Å². The summed E-state index contributed by atoms with van der Waals surface area (Å²) in [6.07, 6.45) is 4.74. The minimum Gasteiger partial charge on any atom is -0.346 e. The SMILES string of the molecule is CC(C)N1CCN(C(=O)c2ccc3c(ccn3C[C@@H]3CCCN3C)c2)CC1. The van der Waals surface area contributed by atoms with Gasteiger partial charge in [-0.2, -0.15) is 0 Å². The molecule has 0 saturated carbocycles. The zero-order valence-electron chi connectivity index (χ0n) is 16.9. The minimum absolute atomic E-state index is 0.170. The molecule has 5 nitrogen and oxygen atoms in total. The average Bonchev–Trinajstić information content (AvgIpc) is 3.27. The number of fused-ring (bicyclic) bond motifs is 1. The number of amides is 1. The van der Waals surface area contributed by atoms with Crippen molar-refractivity contribution in [2.75, 3.05) is 39.8 Å². The highest BCUT2D eigenvalue weighted by Crippen LogP contribution is 2.23. The van der Waals surface area contributed by atoms with Gasteiger partial charge in [0.25, 0.3) is 5.91 Å². The Morgan fingerprint density at radius 1 is 1.11 bits per heavy atom. The Hall–Kier alpha value is -1.85. The third kappa shape index (κ3) is 3.76. The monoisotopic (exact) mass is 368 g/mol. The van der Waals surface area contributed by atoms with E-state index in [1.165, 1.54) is 30.3 Å². The van der Waals surface area contributed by atoms with Crippen LogP contribution in [0.2, 0.25) is 0 Å². The van der Waals surface area contributed by atoms with Crippen molar-refractivity contribution in [3.8, 4) is 0 Å². The molecule has 2 aliphatic rings. The molecule has 0 N–H and O–H groups in total. The molecular formula is C22H32N4O. The second-order valence-electron chi connectivity index (χ2n) is 8.44. The highest BCUT2D eigenvalue weighted by atomic mass is 16.2. The van der Waals surface area contributed by atoms with Gasteiger partial charge in [-0.05, 0) is 64.5 Å². The van der Waals surface area contributed by atoms with E-state index in [1.807, 2.05) is 11.0 Å². The Bertz CT molecular complexity index is 804. The molecule has 0 bridgehead atoms. The van der Waals surface area contributed by atoms with E-state index in [2.05, 4.69) is 59.7 Å². The fourth-order valence-corrected chi connectivity index (χ4v) is 4.55. The lowest BCUT2D eigenvalue weighted by molar-refractivity contribution is 0.0595. The Balaban J connectivity index is 1.47. The number of hydrogen-bond acceptors (Lipinski definition) is 3. The number of aromatic nitrogens is 1. The first-order valence-electron chi connectivity index (χ1n) is 10.4. The van der Waals surface area contributed by atoms with Gasteiger partial charge < -0.3 is 14.4 Å². The Morgan fingerprint density at radius 2 is 1.89 bits per heavy atom. The topological polar surface area (TPSA) is 31.7 Å². The number of carbonyl (C=O) groups excluding carboxylic acids is 1. The molecule has 0 radical (unpaired) electrons. The molecule has 4 rings (SSSR count). The van der Waals surface area contributed by atoms with E-state index in [1.54, 1.807) is 0 Å². The fraction of sp³-hybridized carbons (Fsp3) is 0.591. The van der Waals surface area contributed by atoms with Crippen molar-refractivity contribution in [3.63, 3.8) is 0 Å². The standard InChI is InChI=1S/C22H32N4O/c1-17(2)24-11-13-25(14-12-24)22(27)19-6-7-21-18(15-19)8-10-26(21)16-20-5-4-9-23(20)3/h6-8,10,15,17,20H,4-5,9,11-14,16H2,1-3H3/t20-/m0/s1. The van der Waals surface area contributed by atoms with Crippen LogP contribution in [-0.4, -0.2) is 77.0 Å². The van der Waals surface area contributed by atoms with E-state index in [0.29, 0.717) is 12.1 Å². The molecule has 2 aromatic rings. The van der Waals surface area contributed by atoms with E-state index >= 15 is 0 Å². The molecule has 1 amide bonds. The Labute approximate surface area is 162 Å². The summed E-state index contributed by atoms with van der Waals surface area (Å²) in [5, 5.41) is 1.17. The van der Waals surface area contributed by atoms with Crippen LogP contribution in [0.5, 0.6) is 0 Å². The third-order valence-corrected chi connectivity index (χ3v) is 6.43. The molecular weight excluding hydrogens is 336 g/mol. The molecule has 1 aromatic carbocycles. The van der Waals surface area contributed by atoms with Crippen LogP contribution in [0.4, 0.5) is 0 Å². The van der Waals surface area contributed by atoms with E-state index < -0.39 is 0 Å². The largest absolute Gasteiger partial charge is 0.346 e. The minimum atomic E-state index is 0.170. The highest BCUT2D eigenvalue weighted by molar-refractivity contribution is 5.98. The normalized spacial score (nSPS) is 22.2. The summed E-state index contributed by atoms with van der Waals surface area (Å²) >= 11 is 0. The second-order valence-corrected chi connectivity index (χ2v) is 8.44. The molecule has 1 atom stereocenters. The number of rotatable bonds is 4. The van der Waals surface area contributed by atoms with Crippen molar-refractivity contribution < 1.29 is 4.79 Å². The molecule has 0 spiro atoms. The van der Waals surface area contributed by atoms with Crippen LogP contribution in [0.3, 0.4) is 0 Å². The summed E-state index contributed by atoms with van der Waals surface area (Å²) in [5.41, 5.74) is 2.05. The number of likely N-dealkylation sites (N-methyl/N-ethyl adjacent to an activating group) is 1. The van der Waals surface area contributed by atoms with Crippen LogP contribution in [0.25, 0.3) is 10.9 Å². The van der Waals surface area contributed by atoms with E-state index in [-0.39, 0.29) is 5.91 Å². The van der Waals surface area contributed by atoms with Gasteiger partial charge in [0.1, 0.15) is 0 Å². The summed E-state index contributed by atoms with van der Waals surface area (Å²) in [7, 11) is 2.22. The summed E-state index contributed by atoms with van der Waals surface area (Å²) in [4.78, 5) is 19.8. The molecule has 146 valence electrons. The van der Waals surface area contributed by atoms with Crippen LogP contribution >= 0.6 is 0 Å². The first-order chi connectivity index (χ1) is 13.0. The van der Waals surface area contributed by atoms with Gasteiger partial charge in [0.15, 0.2) is 0 Å². The molecule has 2 fully saturated rings. The van der Waals surface area contributed by atoms with Crippen molar-refractivity contribution in [3.05, 3.63) is 36.0 Å². The second kappa shape index (κ2) is 7.64. The van der Waals surface area contributed by atoms with Crippen molar-refractivity contribution in [1.29, 1.82) is 0 Å². The maximum Gasteiger partial charge on any atom is 0.253 e. The predicted molar refractivity (Wildman–Crippen MR) is 110 cm³/mol. The highest BCUT2D eigenvalue weighted by Gasteiger charge is 2.24. The van der Waals surface area contributed by atoms with Crippen LogP contribution in [-0.2, 0) is 6.54 Å². The maximum absolute atomic E-state index is 12.9. The number of likely N-dealkylation sites (tertiary alicyclic amines) is 1. The third-order valence-electron chi connectivity index (χ3n) is 6.43. The first kappa shape index (κ1) is 18.5. The van der Waals surface area contributed by atoms with E-state index in [9.17, 15) is 4.79 Å². The summed E-state index contributed by atoms with van der Waals surface area (Å²) in [6.45, 7) is 10.3. The summed E-state index contributed by atoms with van der Waals surface area (Å²) in [6, 6.07) is 9.53. The number of benzene rings is 1. The summed E-state index contributed by atoms with van der Waals surface area (Å²) < 4.78 is 2.34. The van der Waals surface area contributed by atoms with Crippen LogP contribution in [0.1, 0.15) is 37.0 Å². The maximum atomic E-state index is 12.9. The van der Waals surface area contributed by atoms with Gasteiger partial charge in [0.2, 0.25) is 0 Å². The number of piperazine rings is 1. The van der Waals surface area contributed by atoms with Gasteiger partial charge in [0, 0.05) is 67.5 Å². The van der Waals surface area contributed by atoms with Crippen molar-refractivity contribution in [2.45, 2.75) is 45.3 Å².